The van der Waals surface area contributed by atoms with Crippen molar-refractivity contribution in [2.24, 2.45) is 17.8 Å². The lowest BCUT2D eigenvalue weighted by Crippen LogP contribution is -2.36. The first-order valence-corrected chi connectivity index (χ1v) is 12.4. The second-order valence-corrected chi connectivity index (χ2v) is 10.3. The van der Waals surface area contributed by atoms with E-state index in [1.807, 2.05) is 12.2 Å². The number of carboxylic acid groups (broad SMARTS) is 1. The van der Waals surface area contributed by atoms with Crippen LogP contribution in [0.1, 0.15) is 79.1 Å². The predicted octanol–water partition coefficient (Wildman–Crippen LogP) is 4.54. The second kappa shape index (κ2) is 9.55. The normalized spacial score (nSPS) is 25.8. The smallest absolute Gasteiger partial charge is 0.307 e. The molecule has 0 spiro atoms. The maximum Gasteiger partial charge on any atom is 0.307 e. The summed E-state index contributed by atoms with van der Waals surface area (Å²) in [6.07, 6.45) is 12.7. The summed E-state index contributed by atoms with van der Waals surface area (Å²) in [6, 6.07) is 0.207. The summed E-state index contributed by atoms with van der Waals surface area (Å²) in [6.45, 7) is 2.20. The van der Waals surface area contributed by atoms with E-state index in [4.69, 9.17) is 0 Å². The molecule has 3 aliphatic rings. The lowest BCUT2D eigenvalue weighted by molar-refractivity contribution is -0.146. The van der Waals surface area contributed by atoms with Gasteiger partial charge in [-0.15, -0.1) is 11.3 Å². The van der Waals surface area contributed by atoms with E-state index in [1.54, 1.807) is 0 Å². The molecule has 168 valence electrons. The van der Waals surface area contributed by atoms with Crippen LogP contribution in [-0.2, 0) is 22.4 Å². The molecule has 1 saturated carbocycles. The van der Waals surface area contributed by atoms with Gasteiger partial charge in [0.15, 0.2) is 0 Å². The topological polar surface area (TPSA) is 95.5 Å². The molecular formula is C24H32N2O4S. The van der Waals surface area contributed by atoms with Gasteiger partial charge in [-0.05, 0) is 56.4 Å². The fourth-order valence-corrected chi connectivity index (χ4v) is 6.60. The quantitative estimate of drug-likeness (QED) is 0.561. The molecule has 6 nitrogen and oxygen atoms in total. The highest BCUT2D eigenvalue weighted by molar-refractivity contribution is 7.17. The molecule has 1 heterocycles. The van der Waals surface area contributed by atoms with Crippen LogP contribution in [0, 0.1) is 17.8 Å². The minimum absolute atomic E-state index is 0.0898. The van der Waals surface area contributed by atoms with Gasteiger partial charge in [0.25, 0.3) is 5.91 Å². The molecule has 1 aromatic rings. The van der Waals surface area contributed by atoms with Gasteiger partial charge in [0.05, 0.1) is 17.4 Å². The molecule has 0 unspecified atom stereocenters. The zero-order valence-electron chi connectivity index (χ0n) is 18.1. The SMILES string of the molecule is CC[C@@H]1CCc2c(sc(NC(=O)[C@@H]3CC=CC[C@@H]3C(=O)O)c2C(=O)NC2CCCC2)C1. The van der Waals surface area contributed by atoms with E-state index in [2.05, 4.69) is 17.6 Å². The summed E-state index contributed by atoms with van der Waals surface area (Å²) >= 11 is 1.51. The Morgan fingerprint density at radius 2 is 1.81 bits per heavy atom. The molecule has 0 saturated heterocycles. The third-order valence-corrected chi connectivity index (χ3v) is 8.36. The molecule has 3 aliphatic carbocycles. The van der Waals surface area contributed by atoms with Crippen LogP contribution in [-0.4, -0.2) is 28.9 Å². The van der Waals surface area contributed by atoms with Gasteiger partial charge in [-0.2, -0.15) is 0 Å². The second-order valence-electron chi connectivity index (χ2n) is 9.16. The van der Waals surface area contributed by atoms with Crippen molar-refractivity contribution in [2.45, 2.75) is 77.2 Å². The number of fused-ring (bicyclic) bond motifs is 1. The van der Waals surface area contributed by atoms with Crippen molar-refractivity contribution >= 4 is 34.1 Å². The molecule has 1 aromatic heterocycles. The number of hydrogen-bond donors (Lipinski definition) is 3. The summed E-state index contributed by atoms with van der Waals surface area (Å²) < 4.78 is 0. The number of allylic oxidation sites excluding steroid dienone is 2. The Hall–Kier alpha value is -2.15. The number of rotatable bonds is 6. The van der Waals surface area contributed by atoms with Crippen LogP contribution >= 0.6 is 11.3 Å². The molecule has 3 N–H and O–H groups in total. The summed E-state index contributed by atoms with van der Waals surface area (Å²) in [4.78, 5) is 39.2. The Labute approximate surface area is 187 Å². The van der Waals surface area contributed by atoms with E-state index >= 15 is 0 Å². The van der Waals surface area contributed by atoms with Gasteiger partial charge in [-0.25, -0.2) is 0 Å². The number of carbonyl (C=O) groups excluding carboxylic acids is 2. The highest BCUT2D eigenvalue weighted by atomic mass is 32.1. The lowest BCUT2D eigenvalue weighted by atomic mass is 9.82. The maximum absolute atomic E-state index is 13.3. The van der Waals surface area contributed by atoms with Gasteiger partial charge in [-0.1, -0.05) is 38.3 Å². The molecule has 2 amide bonds. The van der Waals surface area contributed by atoms with Gasteiger partial charge >= 0.3 is 5.97 Å². The first-order chi connectivity index (χ1) is 15.0. The van der Waals surface area contributed by atoms with Crippen molar-refractivity contribution in [3.8, 4) is 0 Å². The Balaban J connectivity index is 1.60. The number of aliphatic carboxylic acids is 1. The monoisotopic (exact) mass is 444 g/mol. The molecule has 1 fully saturated rings. The van der Waals surface area contributed by atoms with Crippen LogP contribution in [0.25, 0.3) is 0 Å². The van der Waals surface area contributed by atoms with Crippen molar-refractivity contribution in [3.63, 3.8) is 0 Å². The number of hydrogen-bond acceptors (Lipinski definition) is 4. The lowest BCUT2D eigenvalue weighted by Gasteiger charge is -2.24. The number of amides is 2. The van der Waals surface area contributed by atoms with E-state index < -0.39 is 17.8 Å². The zero-order valence-corrected chi connectivity index (χ0v) is 18.9. The molecule has 3 atom stereocenters. The van der Waals surface area contributed by atoms with E-state index in [-0.39, 0.29) is 17.9 Å². The number of nitrogens with one attached hydrogen (secondary N) is 2. The van der Waals surface area contributed by atoms with Crippen LogP contribution < -0.4 is 10.6 Å². The van der Waals surface area contributed by atoms with E-state index in [1.165, 1.54) is 16.2 Å². The number of anilines is 1. The number of carboxylic acids is 1. The summed E-state index contributed by atoms with van der Waals surface area (Å²) in [5.74, 6) is -2.05. The third kappa shape index (κ3) is 4.71. The van der Waals surface area contributed by atoms with Crippen molar-refractivity contribution in [3.05, 3.63) is 28.2 Å². The van der Waals surface area contributed by atoms with Crippen LogP contribution in [0.4, 0.5) is 5.00 Å². The Morgan fingerprint density at radius 1 is 1.10 bits per heavy atom. The largest absolute Gasteiger partial charge is 0.481 e. The Kier molecular flexibility index (Phi) is 6.80. The molecule has 0 aromatic carbocycles. The van der Waals surface area contributed by atoms with Crippen LogP contribution in [0.2, 0.25) is 0 Å². The fourth-order valence-electron chi connectivity index (χ4n) is 5.24. The van der Waals surface area contributed by atoms with E-state index in [9.17, 15) is 19.5 Å². The van der Waals surface area contributed by atoms with Gasteiger partial charge < -0.3 is 15.7 Å². The average molecular weight is 445 g/mol. The van der Waals surface area contributed by atoms with Crippen LogP contribution in [0.15, 0.2) is 12.2 Å². The predicted molar refractivity (Wildman–Crippen MR) is 121 cm³/mol. The van der Waals surface area contributed by atoms with Crippen molar-refractivity contribution in [1.82, 2.24) is 5.32 Å². The molecule has 0 aliphatic heterocycles. The Morgan fingerprint density at radius 3 is 2.48 bits per heavy atom. The molecule has 0 radical (unpaired) electrons. The van der Waals surface area contributed by atoms with Gasteiger partial charge in [0.1, 0.15) is 5.00 Å². The van der Waals surface area contributed by atoms with Crippen molar-refractivity contribution < 1.29 is 19.5 Å². The minimum Gasteiger partial charge on any atom is -0.481 e. The summed E-state index contributed by atoms with van der Waals surface area (Å²) in [5.41, 5.74) is 1.70. The van der Waals surface area contributed by atoms with Crippen molar-refractivity contribution in [2.75, 3.05) is 5.32 Å². The minimum atomic E-state index is -0.944. The summed E-state index contributed by atoms with van der Waals surface area (Å²) in [7, 11) is 0. The van der Waals surface area contributed by atoms with Crippen molar-refractivity contribution in [1.29, 1.82) is 0 Å². The maximum atomic E-state index is 13.3. The fraction of sp³-hybridized carbons (Fsp3) is 0.625. The first-order valence-electron chi connectivity index (χ1n) is 11.6. The van der Waals surface area contributed by atoms with Gasteiger partial charge in [-0.3, -0.25) is 14.4 Å². The Bertz CT molecular complexity index is 884. The molecule has 4 rings (SSSR count). The third-order valence-electron chi connectivity index (χ3n) is 7.19. The highest BCUT2D eigenvalue weighted by Crippen LogP contribution is 2.41. The molecular weight excluding hydrogens is 412 g/mol. The molecule has 7 heteroatoms. The average Bonchev–Trinajstić information content (AvgIpc) is 3.40. The first kappa shape index (κ1) is 22.1. The van der Waals surface area contributed by atoms with Crippen LogP contribution in [0.5, 0.6) is 0 Å². The highest BCUT2D eigenvalue weighted by Gasteiger charge is 2.36. The zero-order chi connectivity index (χ0) is 22.0. The summed E-state index contributed by atoms with van der Waals surface area (Å²) in [5, 5.41) is 16.3. The van der Waals surface area contributed by atoms with Gasteiger partial charge in [0.2, 0.25) is 5.91 Å². The van der Waals surface area contributed by atoms with Gasteiger partial charge in [0, 0.05) is 10.9 Å². The van der Waals surface area contributed by atoms with E-state index in [0.29, 0.717) is 29.3 Å². The molecule has 0 bridgehead atoms. The number of thiophene rings is 1. The van der Waals surface area contributed by atoms with Crippen LogP contribution in [0.3, 0.4) is 0 Å². The standard InChI is InChI=1S/C24H32N2O4S/c1-2-14-11-12-18-19(13-14)31-23(20(18)22(28)25-15-7-3-4-8-15)26-21(27)16-9-5-6-10-17(16)24(29)30/h5-6,14-17H,2-4,7-13H2,1H3,(H,25,28)(H,26,27)(H,29,30)/t14-,16-,17+/m1/s1. The number of carbonyl (C=O) groups is 3. The molecule has 31 heavy (non-hydrogen) atoms. The van der Waals surface area contributed by atoms with E-state index in [0.717, 1.165) is 56.9 Å².